The first kappa shape index (κ1) is 13.8. The lowest BCUT2D eigenvalue weighted by Crippen LogP contribution is -2.05. The van der Waals surface area contributed by atoms with Gasteiger partial charge in [-0.05, 0) is 25.5 Å². The van der Waals surface area contributed by atoms with Gasteiger partial charge in [0.1, 0.15) is 29.1 Å². The van der Waals surface area contributed by atoms with Crippen LogP contribution in [0.2, 0.25) is 0 Å². The Kier molecular flexibility index (Phi) is 3.49. The Morgan fingerprint density at radius 3 is 3.00 bits per heavy atom. The van der Waals surface area contributed by atoms with Crippen molar-refractivity contribution in [3.05, 3.63) is 24.0 Å². The molecule has 1 aromatic carbocycles. The summed E-state index contributed by atoms with van der Waals surface area (Å²) in [7, 11) is 1.67. The summed E-state index contributed by atoms with van der Waals surface area (Å²) in [5.41, 5.74) is 9.04. The van der Waals surface area contributed by atoms with E-state index in [1.54, 1.807) is 13.4 Å². The van der Waals surface area contributed by atoms with Gasteiger partial charge in [-0.3, -0.25) is 0 Å². The predicted octanol–water partition coefficient (Wildman–Crippen LogP) is 2.87. The molecule has 0 saturated carbocycles. The molecule has 0 radical (unpaired) electrons. The van der Waals surface area contributed by atoms with E-state index in [1.807, 2.05) is 16.7 Å². The summed E-state index contributed by atoms with van der Waals surface area (Å²) in [6.07, 6.45) is 3.91. The average molecular weight is 287 g/mol. The zero-order valence-electron chi connectivity index (χ0n) is 12.7. The summed E-state index contributed by atoms with van der Waals surface area (Å²) in [5.74, 6) is 2.36. The molecule has 0 bridgehead atoms. The fourth-order valence-corrected chi connectivity index (χ4v) is 2.81. The minimum atomic E-state index is 0.204. The van der Waals surface area contributed by atoms with Crippen molar-refractivity contribution in [2.24, 2.45) is 0 Å². The van der Waals surface area contributed by atoms with Crippen molar-refractivity contribution in [1.29, 1.82) is 0 Å². The van der Waals surface area contributed by atoms with Gasteiger partial charge in [0.2, 0.25) is 0 Å². The molecule has 5 nitrogen and oxygen atoms in total. The molecule has 3 rings (SSSR count). The van der Waals surface area contributed by atoms with Crippen molar-refractivity contribution in [3.63, 3.8) is 0 Å². The Hall–Kier alpha value is -2.17. The Morgan fingerprint density at radius 2 is 2.29 bits per heavy atom. The molecule has 5 heteroatoms. The van der Waals surface area contributed by atoms with Crippen molar-refractivity contribution in [2.45, 2.75) is 39.3 Å². The van der Waals surface area contributed by atoms with Gasteiger partial charge in [-0.15, -0.1) is 0 Å². The minimum Gasteiger partial charge on any atom is -0.496 e. The zero-order chi connectivity index (χ0) is 15.0. The number of benzene rings is 1. The molecular weight excluding hydrogens is 266 g/mol. The first-order chi connectivity index (χ1) is 10.1. The third kappa shape index (κ3) is 2.33. The zero-order valence-corrected chi connectivity index (χ0v) is 12.7. The summed E-state index contributed by atoms with van der Waals surface area (Å²) in [5, 5.41) is 0. The van der Waals surface area contributed by atoms with Gasteiger partial charge < -0.3 is 19.8 Å². The highest BCUT2D eigenvalue weighted by Crippen LogP contribution is 2.40. The summed E-state index contributed by atoms with van der Waals surface area (Å²) in [6.45, 7) is 5.04. The van der Waals surface area contributed by atoms with E-state index in [0.717, 1.165) is 42.1 Å². The van der Waals surface area contributed by atoms with Gasteiger partial charge in [-0.2, -0.15) is 0 Å². The van der Waals surface area contributed by atoms with Crippen LogP contribution in [0.5, 0.6) is 11.5 Å². The molecule has 1 aliphatic rings. The van der Waals surface area contributed by atoms with Crippen molar-refractivity contribution < 1.29 is 9.47 Å². The first-order valence-electron chi connectivity index (χ1n) is 7.32. The number of imidazole rings is 1. The molecule has 0 spiro atoms. The molecule has 112 valence electrons. The smallest absolute Gasteiger partial charge is 0.131 e. The van der Waals surface area contributed by atoms with Gasteiger partial charge in [0, 0.05) is 24.1 Å². The van der Waals surface area contributed by atoms with Gasteiger partial charge in [-0.1, -0.05) is 6.92 Å². The van der Waals surface area contributed by atoms with E-state index < -0.39 is 0 Å². The number of rotatable bonds is 4. The second-order valence-corrected chi connectivity index (χ2v) is 5.46. The molecule has 1 aromatic heterocycles. The van der Waals surface area contributed by atoms with E-state index in [4.69, 9.17) is 15.2 Å². The van der Waals surface area contributed by atoms with Gasteiger partial charge >= 0.3 is 0 Å². The van der Waals surface area contributed by atoms with Crippen LogP contribution >= 0.6 is 0 Å². The number of hydrogen-bond donors (Lipinski definition) is 1. The number of ether oxygens (including phenoxy) is 2. The summed E-state index contributed by atoms with van der Waals surface area (Å²) < 4.78 is 13.3. The predicted molar refractivity (Wildman–Crippen MR) is 82.7 cm³/mol. The highest BCUT2D eigenvalue weighted by molar-refractivity contribution is 5.78. The van der Waals surface area contributed by atoms with Gasteiger partial charge in [0.05, 0.1) is 13.4 Å². The molecule has 1 unspecified atom stereocenters. The Labute approximate surface area is 124 Å². The monoisotopic (exact) mass is 287 g/mol. The van der Waals surface area contributed by atoms with Crippen molar-refractivity contribution in [2.75, 3.05) is 12.8 Å². The SMILES string of the molecule is CCCn1cnc(-c2cc3c(cc2OC)CC(C)O3)c1N. The average Bonchev–Trinajstić information content (AvgIpc) is 3.00. The molecule has 21 heavy (non-hydrogen) atoms. The Morgan fingerprint density at radius 1 is 1.48 bits per heavy atom. The molecule has 1 aliphatic heterocycles. The van der Waals surface area contributed by atoms with Crippen LogP contribution in [0.25, 0.3) is 11.3 Å². The number of anilines is 1. The van der Waals surface area contributed by atoms with Crippen LogP contribution in [0.15, 0.2) is 18.5 Å². The molecular formula is C16H21N3O2. The maximum absolute atomic E-state index is 6.22. The van der Waals surface area contributed by atoms with Crippen LogP contribution < -0.4 is 15.2 Å². The fraction of sp³-hybridized carbons (Fsp3) is 0.438. The lowest BCUT2D eigenvalue weighted by Gasteiger charge is -2.11. The number of aromatic nitrogens is 2. The van der Waals surface area contributed by atoms with E-state index in [9.17, 15) is 0 Å². The molecule has 1 atom stereocenters. The van der Waals surface area contributed by atoms with E-state index in [2.05, 4.69) is 18.8 Å². The maximum Gasteiger partial charge on any atom is 0.131 e. The van der Waals surface area contributed by atoms with Gasteiger partial charge in [0.15, 0.2) is 0 Å². The third-order valence-corrected chi connectivity index (χ3v) is 3.82. The van der Waals surface area contributed by atoms with E-state index in [1.165, 1.54) is 5.56 Å². The van der Waals surface area contributed by atoms with E-state index in [-0.39, 0.29) is 6.10 Å². The van der Waals surface area contributed by atoms with Crippen LogP contribution in [0.1, 0.15) is 25.8 Å². The number of methoxy groups -OCH3 is 1. The lowest BCUT2D eigenvalue weighted by atomic mass is 10.0. The highest BCUT2D eigenvalue weighted by Gasteiger charge is 2.24. The second kappa shape index (κ2) is 5.31. The maximum atomic E-state index is 6.22. The molecule has 0 fully saturated rings. The van der Waals surface area contributed by atoms with Gasteiger partial charge in [0.25, 0.3) is 0 Å². The second-order valence-electron chi connectivity index (χ2n) is 5.46. The minimum absolute atomic E-state index is 0.204. The largest absolute Gasteiger partial charge is 0.496 e. The van der Waals surface area contributed by atoms with Crippen LogP contribution in [-0.2, 0) is 13.0 Å². The van der Waals surface area contributed by atoms with Crippen LogP contribution in [0.4, 0.5) is 5.82 Å². The number of fused-ring (bicyclic) bond motifs is 1. The number of hydrogen-bond acceptors (Lipinski definition) is 4. The normalized spacial score (nSPS) is 16.6. The molecule has 0 amide bonds. The summed E-state index contributed by atoms with van der Waals surface area (Å²) in [4.78, 5) is 4.46. The Balaban J connectivity index is 2.08. The summed E-state index contributed by atoms with van der Waals surface area (Å²) in [6, 6.07) is 4.03. The lowest BCUT2D eigenvalue weighted by molar-refractivity contribution is 0.254. The molecule has 0 aliphatic carbocycles. The molecule has 2 aromatic rings. The number of nitrogens with zero attached hydrogens (tertiary/aromatic N) is 2. The molecule has 2 heterocycles. The van der Waals surface area contributed by atoms with Crippen molar-refractivity contribution >= 4 is 5.82 Å². The Bertz CT molecular complexity index is 664. The van der Waals surface area contributed by atoms with Crippen LogP contribution in [0, 0.1) is 0 Å². The third-order valence-electron chi connectivity index (χ3n) is 3.82. The standard InChI is InChI=1S/C16H21N3O2/c1-4-5-19-9-18-15(16(19)17)12-8-13-11(6-10(2)21-13)7-14(12)20-3/h7-10H,4-6,17H2,1-3H3. The quantitative estimate of drug-likeness (QED) is 0.939. The first-order valence-corrected chi connectivity index (χ1v) is 7.32. The number of nitrogens with two attached hydrogens (primary N) is 1. The van der Waals surface area contributed by atoms with Crippen LogP contribution in [-0.4, -0.2) is 22.8 Å². The van der Waals surface area contributed by atoms with Crippen LogP contribution in [0.3, 0.4) is 0 Å². The van der Waals surface area contributed by atoms with E-state index in [0.29, 0.717) is 5.82 Å². The topological polar surface area (TPSA) is 62.3 Å². The molecule has 0 saturated heterocycles. The molecule has 2 N–H and O–H groups in total. The number of nitrogen functional groups attached to an aromatic ring is 1. The number of aryl methyl sites for hydroxylation is 1. The van der Waals surface area contributed by atoms with E-state index >= 15 is 0 Å². The van der Waals surface area contributed by atoms with Crippen molar-refractivity contribution in [3.8, 4) is 22.8 Å². The summed E-state index contributed by atoms with van der Waals surface area (Å²) >= 11 is 0. The highest BCUT2D eigenvalue weighted by atomic mass is 16.5. The van der Waals surface area contributed by atoms with Crippen molar-refractivity contribution in [1.82, 2.24) is 9.55 Å². The fourth-order valence-electron chi connectivity index (χ4n) is 2.81. The van der Waals surface area contributed by atoms with Gasteiger partial charge in [-0.25, -0.2) is 4.98 Å².